The molecule has 0 fully saturated rings. The molecule has 0 saturated carbocycles. The normalized spacial score (nSPS) is 10.4. The van der Waals surface area contributed by atoms with E-state index >= 15 is 0 Å². The molecule has 0 aliphatic heterocycles. The van der Waals surface area contributed by atoms with E-state index in [4.69, 9.17) is 16.3 Å². The van der Waals surface area contributed by atoms with Crippen LogP contribution in [0.5, 0.6) is 5.75 Å². The van der Waals surface area contributed by atoms with Crippen LogP contribution in [0, 0.1) is 0 Å². The fraction of sp³-hybridized carbons (Fsp3) is 0.0526. The second-order valence-corrected chi connectivity index (χ2v) is 5.55. The molecule has 4 nitrogen and oxygen atoms in total. The van der Waals surface area contributed by atoms with Gasteiger partial charge in [0, 0.05) is 16.8 Å². The zero-order valence-electron chi connectivity index (χ0n) is 12.9. The Morgan fingerprint density at radius 1 is 1.08 bits per heavy atom. The van der Waals surface area contributed by atoms with E-state index in [0.29, 0.717) is 33.3 Å². The third kappa shape index (κ3) is 2.84. The van der Waals surface area contributed by atoms with Gasteiger partial charge in [0.15, 0.2) is 12.1 Å². The highest BCUT2D eigenvalue weighted by Gasteiger charge is 2.19. The predicted octanol–water partition coefficient (Wildman–Crippen LogP) is 4.18. The van der Waals surface area contributed by atoms with Gasteiger partial charge in [0.1, 0.15) is 5.75 Å². The van der Waals surface area contributed by atoms with E-state index in [-0.39, 0.29) is 5.78 Å². The van der Waals surface area contributed by atoms with Crippen LogP contribution in [0.4, 0.5) is 0 Å². The van der Waals surface area contributed by atoms with Crippen molar-refractivity contribution in [3.63, 3.8) is 0 Å². The largest absolute Gasteiger partial charge is 0.496 e. The molecule has 5 heteroatoms. The molecule has 3 rings (SSSR count). The first-order chi connectivity index (χ1) is 11.7. The molecule has 0 spiro atoms. The number of ketones is 1. The van der Waals surface area contributed by atoms with Crippen LogP contribution in [0.2, 0.25) is 5.02 Å². The molecule has 0 bridgehead atoms. The summed E-state index contributed by atoms with van der Waals surface area (Å²) in [5.41, 5.74) is 1.86. The van der Waals surface area contributed by atoms with Crippen molar-refractivity contribution in [2.45, 2.75) is 0 Å². The summed E-state index contributed by atoms with van der Waals surface area (Å²) in [7, 11) is 1.52. The summed E-state index contributed by atoms with van der Waals surface area (Å²) < 4.78 is 6.94. The molecule has 0 aliphatic rings. The number of carbonyl (C=O) groups excluding carboxylic acids is 2. The highest BCUT2D eigenvalue weighted by Crippen LogP contribution is 2.27. The summed E-state index contributed by atoms with van der Waals surface area (Å²) in [5.74, 6) is 0.257. The minimum absolute atomic E-state index is 0.226. The van der Waals surface area contributed by atoms with E-state index in [1.54, 1.807) is 65.4 Å². The van der Waals surface area contributed by atoms with Gasteiger partial charge in [-0.3, -0.25) is 9.59 Å². The van der Waals surface area contributed by atoms with Crippen molar-refractivity contribution in [2.75, 3.05) is 7.11 Å². The molecule has 1 heterocycles. The van der Waals surface area contributed by atoms with Crippen molar-refractivity contribution < 1.29 is 14.3 Å². The molecular weight excluding hydrogens is 326 g/mol. The molecule has 0 aliphatic carbocycles. The van der Waals surface area contributed by atoms with E-state index in [2.05, 4.69) is 0 Å². The number of benzene rings is 2. The third-order valence-electron chi connectivity index (χ3n) is 3.72. The second kappa shape index (κ2) is 6.72. The highest BCUT2D eigenvalue weighted by molar-refractivity contribution is 6.31. The van der Waals surface area contributed by atoms with E-state index in [9.17, 15) is 9.59 Å². The molecule has 2 aromatic carbocycles. The van der Waals surface area contributed by atoms with Crippen molar-refractivity contribution in [2.24, 2.45) is 0 Å². The van der Waals surface area contributed by atoms with Gasteiger partial charge in [-0.25, -0.2) is 0 Å². The van der Waals surface area contributed by atoms with Gasteiger partial charge in [-0.05, 0) is 42.5 Å². The van der Waals surface area contributed by atoms with Crippen LogP contribution in [0.1, 0.15) is 26.4 Å². The minimum Gasteiger partial charge on any atom is -0.496 e. The van der Waals surface area contributed by atoms with Crippen molar-refractivity contribution in [1.82, 2.24) is 4.57 Å². The van der Waals surface area contributed by atoms with Crippen LogP contribution in [-0.2, 0) is 0 Å². The van der Waals surface area contributed by atoms with Gasteiger partial charge in [0.25, 0.3) is 0 Å². The van der Waals surface area contributed by atoms with Gasteiger partial charge in [-0.1, -0.05) is 23.7 Å². The first-order valence-electron chi connectivity index (χ1n) is 7.26. The lowest BCUT2D eigenvalue weighted by Crippen LogP contribution is -2.10. The van der Waals surface area contributed by atoms with Crippen LogP contribution < -0.4 is 4.74 Å². The lowest BCUT2D eigenvalue weighted by molar-refractivity contribution is 0.103. The molecule has 0 saturated heterocycles. The molecule has 0 N–H and O–H groups in total. The van der Waals surface area contributed by atoms with E-state index in [1.807, 2.05) is 0 Å². The smallest absolute Gasteiger partial charge is 0.198 e. The van der Waals surface area contributed by atoms with Crippen LogP contribution in [0.3, 0.4) is 0 Å². The van der Waals surface area contributed by atoms with Gasteiger partial charge < -0.3 is 9.30 Å². The highest BCUT2D eigenvalue weighted by atomic mass is 35.5. The fourth-order valence-electron chi connectivity index (χ4n) is 2.59. The van der Waals surface area contributed by atoms with Crippen LogP contribution in [0.25, 0.3) is 5.69 Å². The standard InChI is InChI=1S/C19H14ClNO3/c1-24-18-7-3-2-6-15(18)19(23)16-11-13(20)8-9-17(16)21-10-4-5-14(21)12-22/h2-12H,1H3. The Balaban J connectivity index is 2.19. The lowest BCUT2D eigenvalue weighted by Gasteiger charge is -2.13. The number of nitrogens with zero attached hydrogens (tertiary/aromatic N) is 1. The number of aromatic nitrogens is 1. The number of halogens is 1. The maximum atomic E-state index is 13.1. The lowest BCUT2D eigenvalue weighted by atomic mass is 10.0. The monoisotopic (exact) mass is 339 g/mol. The van der Waals surface area contributed by atoms with Crippen molar-refractivity contribution in [3.8, 4) is 11.4 Å². The average Bonchev–Trinajstić information content (AvgIpc) is 3.09. The Labute approximate surface area is 144 Å². The zero-order chi connectivity index (χ0) is 17.1. The Morgan fingerprint density at radius 3 is 2.62 bits per heavy atom. The van der Waals surface area contributed by atoms with E-state index < -0.39 is 0 Å². The van der Waals surface area contributed by atoms with Crippen molar-refractivity contribution >= 4 is 23.7 Å². The number of methoxy groups -OCH3 is 1. The number of carbonyl (C=O) groups is 2. The zero-order valence-corrected chi connectivity index (χ0v) is 13.7. The van der Waals surface area contributed by atoms with Gasteiger partial charge in [0.05, 0.1) is 24.1 Å². The molecule has 0 unspecified atom stereocenters. The van der Waals surface area contributed by atoms with E-state index in [0.717, 1.165) is 6.29 Å². The predicted molar refractivity (Wildman–Crippen MR) is 92.6 cm³/mol. The summed E-state index contributed by atoms with van der Waals surface area (Å²) in [5, 5.41) is 0.441. The molecular formula is C19H14ClNO3. The summed E-state index contributed by atoms with van der Waals surface area (Å²) in [6.45, 7) is 0. The van der Waals surface area contributed by atoms with Crippen LogP contribution in [0.15, 0.2) is 60.8 Å². The maximum Gasteiger partial charge on any atom is 0.198 e. The van der Waals surface area contributed by atoms with E-state index in [1.165, 1.54) is 7.11 Å². The molecule has 3 aromatic rings. The topological polar surface area (TPSA) is 48.3 Å². The quantitative estimate of drug-likeness (QED) is 0.517. The molecule has 120 valence electrons. The van der Waals surface area contributed by atoms with Crippen molar-refractivity contribution in [1.29, 1.82) is 0 Å². The Morgan fingerprint density at radius 2 is 1.88 bits per heavy atom. The number of aldehydes is 1. The van der Waals surface area contributed by atoms with Crippen LogP contribution >= 0.6 is 11.6 Å². The summed E-state index contributed by atoms with van der Waals surface area (Å²) >= 11 is 6.09. The minimum atomic E-state index is -0.226. The summed E-state index contributed by atoms with van der Waals surface area (Å²) in [4.78, 5) is 24.3. The van der Waals surface area contributed by atoms with Gasteiger partial charge >= 0.3 is 0 Å². The summed E-state index contributed by atoms with van der Waals surface area (Å²) in [6.07, 6.45) is 2.47. The Bertz CT molecular complexity index is 914. The SMILES string of the molecule is COc1ccccc1C(=O)c1cc(Cl)ccc1-n1cccc1C=O. The number of rotatable bonds is 5. The van der Waals surface area contributed by atoms with Gasteiger partial charge in [0.2, 0.25) is 0 Å². The van der Waals surface area contributed by atoms with Gasteiger partial charge in [-0.2, -0.15) is 0 Å². The Hall–Kier alpha value is -2.85. The number of para-hydroxylation sites is 1. The second-order valence-electron chi connectivity index (χ2n) is 5.11. The first kappa shape index (κ1) is 16.0. The number of hydrogen-bond acceptors (Lipinski definition) is 3. The molecule has 24 heavy (non-hydrogen) atoms. The molecule has 1 aromatic heterocycles. The summed E-state index contributed by atoms with van der Waals surface area (Å²) in [6, 6.07) is 15.4. The Kier molecular flexibility index (Phi) is 4.49. The third-order valence-corrected chi connectivity index (χ3v) is 3.95. The molecule has 0 amide bonds. The molecule has 0 atom stereocenters. The average molecular weight is 340 g/mol. The fourth-order valence-corrected chi connectivity index (χ4v) is 2.76. The maximum absolute atomic E-state index is 13.1. The van der Waals surface area contributed by atoms with Crippen LogP contribution in [-0.4, -0.2) is 23.7 Å². The van der Waals surface area contributed by atoms with Gasteiger partial charge in [-0.15, -0.1) is 0 Å². The first-order valence-corrected chi connectivity index (χ1v) is 7.63. The molecule has 0 radical (unpaired) electrons. The number of ether oxygens (including phenoxy) is 1. The number of hydrogen-bond donors (Lipinski definition) is 0. The van der Waals surface area contributed by atoms with Crippen molar-refractivity contribution in [3.05, 3.63) is 82.6 Å².